The molecular weight excluding hydrogens is 571 g/mol. The van der Waals surface area contributed by atoms with E-state index >= 15 is 0 Å². The number of ether oxygens (including phenoxy) is 2. The minimum Gasteiger partial charge on any atom is -0.494 e. The van der Waals surface area contributed by atoms with Gasteiger partial charge in [0.15, 0.2) is 5.60 Å². The topological polar surface area (TPSA) is 71.9 Å². The predicted octanol–water partition coefficient (Wildman–Crippen LogP) is 6.09. The number of carbonyl (C=O) groups is 1. The normalized spacial score (nSPS) is 16.1. The molecule has 0 saturated carbocycles. The van der Waals surface area contributed by atoms with Crippen molar-refractivity contribution in [2.75, 3.05) is 51.3 Å². The fourth-order valence-corrected chi connectivity index (χ4v) is 6.59. The second-order valence-corrected chi connectivity index (χ2v) is 11.4. The fraction of sp³-hybridized carbons (Fsp3) is 0.394. The monoisotopic (exact) mass is 607 g/mol. The molecule has 6 rings (SSSR count). The van der Waals surface area contributed by atoms with E-state index in [4.69, 9.17) is 14.5 Å². The number of piperazine rings is 1. The number of amides is 1. The van der Waals surface area contributed by atoms with Crippen LogP contribution in [0.5, 0.6) is 5.75 Å². The molecule has 1 N–H and O–H groups in total. The Kier molecular flexibility index (Phi) is 8.15. The number of aromatic nitrogens is 2. The number of halogens is 3. The summed E-state index contributed by atoms with van der Waals surface area (Å²) in [5.41, 5.74) is 4.19. The molecule has 44 heavy (non-hydrogen) atoms. The van der Waals surface area contributed by atoms with Crippen LogP contribution in [0.2, 0.25) is 0 Å². The number of alkyl carbamates (subject to hydrolysis) is 1. The van der Waals surface area contributed by atoms with E-state index in [0.29, 0.717) is 6.42 Å². The van der Waals surface area contributed by atoms with Crippen LogP contribution in [0.15, 0.2) is 66.7 Å². The van der Waals surface area contributed by atoms with Crippen molar-refractivity contribution in [3.63, 3.8) is 0 Å². The molecule has 2 aliphatic rings. The van der Waals surface area contributed by atoms with Crippen LogP contribution in [0.25, 0.3) is 22.2 Å². The zero-order chi connectivity index (χ0) is 30.9. The van der Waals surface area contributed by atoms with Crippen LogP contribution in [0.3, 0.4) is 0 Å². The lowest BCUT2D eigenvalue weighted by atomic mass is 9.86. The summed E-state index contributed by atoms with van der Waals surface area (Å²) in [6.45, 7) is 2.86. The largest absolute Gasteiger partial charge is 0.494 e. The molecule has 1 aliphatic carbocycles. The molecule has 4 aromatic rings. The summed E-state index contributed by atoms with van der Waals surface area (Å²) in [5.74, 6) is 1.68. The highest BCUT2D eigenvalue weighted by atomic mass is 19.4. The minimum absolute atomic E-state index is 0.460. The SMILES string of the molecule is COc1cccc2c1nc(N1CCN(CCCCC3(OC(=O)NCC(F)(F)F)c4ccccc4-c4ccccc43)CC1)n2C. The maximum Gasteiger partial charge on any atom is 0.408 e. The highest BCUT2D eigenvalue weighted by Crippen LogP contribution is 2.52. The van der Waals surface area contributed by atoms with Gasteiger partial charge in [0, 0.05) is 44.4 Å². The Bertz CT molecular complexity index is 1600. The number of hydrogen-bond acceptors (Lipinski definition) is 6. The van der Waals surface area contributed by atoms with Gasteiger partial charge in [-0.15, -0.1) is 0 Å². The molecule has 3 aromatic carbocycles. The van der Waals surface area contributed by atoms with E-state index in [0.717, 1.165) is 90.6 Å². The first-order chi connectivity index (χ1) is 21.2. The Morgan fingerprint density at radius 1 is 0.932 bits per heavy atom. The van der Waals surface area contributed by atoms with Crippen molar-refractivity contribution >= 4 is 23.1 Å². The van der Waals surface area contributed by atoms with E-state index in [1.807, 2.05) is 79.1 Å². The van der Waals surface area contributed by atoms with E-state index in [1.54, 1.807) is 7.11 Å². The van der Waals surface area contributed by atoms with Crippen LogP contribution in [-0.4, -0.2) is 73.1 Å². The second kappa shape index (κ2) is 12.0. The first kappa shape index (κ1) is 29.8. The summed E-state index contributed by atoms with van der Waals surface area (Å²) in [6.07, 6.45) is -3.58. The van der Waals surface area contributed by atoms with Gasteiger partial charge in [-0.2, -0.15) is 13.2 Å². The zero-order valence-corrected chi connectivity index (χ0v) is 24.9. The van der Waals surface area contributed by atoms with Gasteiger partial charge >= 0.3 is 12.3 Å². The fourth-order valence-electron chi connectivity index (χ4n) is 6.59. The quantitative estimate of drug-likeness (QED) is 0.233. The van der Waals surface area contributed by atoms with Crippen molar-refractivity contribution in [2.24, 2.45) is 7.05 Å². The third-order valence-corrected chi connectivity index (χ3v) is 8.69. The van der Waals surface area contributed by atoms with E-state index in [9.17, 15) is 18.0 Å². The predicted molar refractivity (Wildman–Crippen MR) is 163 cm³/mol. The van der Waals surface area contributed by atoms with Crippen LogP contribution >= 0.6 is 0 Å². The molecule has 1 fully saturated rings. The number of fused-ring (bicyclic) bond motifs is 4. The number of hydrogen-bond donors (Lipinski definition) is 1. The van der Waals surface area contributed by atoms with Crippen molar-refractivity contribution < 1.29 is 27.4 Å². The first-order valence-electron chi connectivity index (χ1n) is 14.9. The standard InChI is InChI=1S/C33H36F3N5O3/c1-39-27-14-9-15-28(43-2)29(27)38-30(39)41-20-18-40(19-21-41)17-8-7-16-32(44-31(42)37-22-33(34,35)36)25-12-5-3-10-23(25)24-11-4-6-13-26(24)32/h3-6,9-15H,7-8,16-22H2,1-2H3,(H,37,42). The van der Waals surface area contributed by atoms with E-state index < -0.39 is 24.4 Å². The highest BCUT2D eigenvalue weighted by molar-refractivity contribution is 5.85. The summed E-state index contributed by atoms with van der Waals surface area (Å²) in [4.78, 5) is 22.4. The number of methoxy groups -OCH3 is 1. The zero-order valence-electron chi connectivity index (χ0n) is 24.9. The lowest BCUT2D eigenvalue weighted by molar-refractivity contribution is -0.124. The van der Waals surface area contributed by atoms with Crippen LogP contribution in [0.4, 0.5) is 23.9 Å². The maximum absolute atomic E-state index is 12.9. The molecule has 0 bridgehead atoms. The molecule has 0 radical (unpaired) electrons. The van der Waals surface area contributed by atoms with Crippen molar-refractivity contribution in [1.82, 2.24) is 19.8 Å². The summed E-state index contributed by atoms with van der Waals surface area (Å²) in [7, 11) is 3.68. The third kappa shape index (κ3) is 5.68. The Morgan fingerprint density at radius 3 is 2.23 bits per heavy atom. The van der Waals surface area contributed by atoms with Crippen molar-refractivity contribution in [1.29, 1.82) is 0 Å². The van der Waals surface area contributed by atoms with Crippen molar-refractivity contribution in [3.05, 3.63) is 77.9 Å². The van der Waals surface area contributed by atoms with Gasteiger partial charge in [0.2, 0.25) is 5.95 Å². The number of aryl methyl sites for hydroxylation is 1. The van der Waals surface area contributed by atoms with E-state index in [1.165, 1.54) is 0 Å². The molecule has 0 atom stereocenters. The number of nitrogens with one attached hydrogen (secondary N) is 1. The van der Waals surface area contributed by atoms with Crippen LogP contribution in [0.1, 0.15) is 30.4 Å². The number of nitrogens with zero attached hydrogens (tertiary/aromatic N) is 4. The summed E-state index contributed by atoms with van der Waals surface area (Å²) in [6, 6.07) is 21.2. The Hall–Kier alpha value is -4.25. The number of benzene rings is 3. The van der Waals surface area contributed by atoms with E-state index in [-0.39, 0.29) is 0 Å². The van der Waals surface area contributed by atoms with Gasteiger partial charge in [-0.05, 0) is 49.1 Å². The van der Waals surface area contributed by atoms with Crippen LogP contribution in [0, 0.1) is 0 Å². The molecule has 1 aromatic heterocycles. The molecule has 11 heteroatoms. The highest BCUT2D eigenvalue weighted by Gasteiger charge is 2.46. The van der Waals surface area contributed by atoms with Gasteiger partial charge in [0.05, 0.1) is 12.6 Å². The average molecular weight is 608 g/mol. The average Bonchev–Trinajstić information content (AvgIpc) is 3.51. The van der Waals surface area contributed by atoms with Gasteiger partial charge in [0.25, 0.3) is 0 Å². The van der Waals surface area contributed by atoms with Gasteiger partial charge in [-0.3, -0.25) is 4.90 Å². The number of para-hydroxylation sites is 1. The summed E-state index contributed by atoms with van der Waals surface area (Å²) in [5, 5.41) is 1.90. The van der Waals surface area contributed by atoms with Crippen molar-refractivity contribution in [3.8, 4) is 16.9 Å². The molecule has 0 spiro atoms. The molecule has 2 heterocycles. The number of alkyl halides is 3. The smallest absolute Gasteiger partial charge is 0.408 e. The Balaban J connectivity index is 1.11. The molecule has 1 saturated heterocycles. The molecule has 0 unspecified atom stereocenters. The number of anilines is 1. The lowest BCUT2D eigenvalue weighted by Crippen LogP contribution is -2.47. The lowest BCUT2D eigenvalue weighted by Gasteiger charge is -2.35. The summed E-state index contributed by atoms with van der Waals surface area (Å²) < 4.78 is 52.2. The van der Waals surface area contributed by atoms with Gasteiger partial charge < -0.3 is 24.3 Å². The van der Waals surface area contributed by atoms with E-state index in [2.05, 4.69) is 14.4 Å². The Morgan fingerprint density at radius 2 is 1.59 bits per heavy atom. The maximum atomic E-state index is 12.9. The Labute approximate surface area is 254 Å². The number of rotatable bonds is 9. The van der Waals surface area contributed by atoms with Crippen LogP contribution < -0.4 is 15.0 Å². The third-order valence-electron chi connectivity index (χ3n) is 8.69. The van der Waals surface area contributed by atoms with Gasteiger partial charge in [-0.1, -0.05) is 54.6 Å². The number of carbonyl (C=O) groups excluding carboxylic acids is 1. The molecule has 1 aliphatic heterocycles. The molecule has 1 amide bonds. The number of imidazole rings is 1. The molecule has 8 nitrogen and oxygen atoms in total. The summed E-state index contributed by atoms with van der Waals surface area (Å²) >= 11 is 0. The first-order valence-corrected chi connectivity index (χ1v) is 14.9. The van der Waals surface area contributed by atoms with Gasteiger partial charge in [0.1, 0.15) is 17.8 Å². The minimum atomic E-state index is -4.53. The molecular formula is C33H36F3N5O3. The van der Waals surface area contributed by atoms with Gasteiger partial charge in [-0.25, -0.2) is 9.78 Å². The number of unbranched alkanes of at least 4 members (excludes halogenated alkanes) is 1. The molecule has 232 valence electrons. The van der Waals surface area contributed by atoms with Crippen molar-refractivity contribution in [2.45, 2.75) is 31.0 Å². The second-order valence-electron chi connectivity index (χ2n) is 11.4. The van der Waals surface area contributed by atoms with Crippen LogP contribution in [-0.2, 0) is 17.4 Å².